The van der Waals surface area contributed by atoms with E-state index >= 15 is 0 Å². The summed E-state index contributed by atoms with van der Waals surface area (Å²) in [5.41, 5.74) is 3.18. The van der Waals surface area contributed by atoms with E-state index in [2.05, 4.69) is 4.98 Å². The number of fused-ring (bicyclic) bond motifs is 1. The smallest absolute Gasteiger partial charge is 0.346 e. The molecule has 4 rings (SSSR count). The molecule has 0 amide bonds. The van der Waals surface area contributed by atoms with E-state index in [4.69, 9.17) is 9.15 Å². The Morgan fingerprint density at radius 3 is 2.68 bits per heavy atom. The molecular formula is C20H15NO3S. The zero-order valence-electron chi connectivity index (χ0n) is 13.8. The maximum atomic E-state index is 12.6. The highest BCUT2D eigenvalue weighted by Crippen LogP contribution is 2.32. The van der Waals surface area contributed by atoms with Crippen LogP contribution in [0.2, 0.25) is 0 Å². The third kappa shape index (κ3) is 2.72. The van der Waals surface area contributed by atoms with Crippen LogP contribution in [0.4, 0.5) is 0 Å². The number of hydrogen-bond acceptors (Lipinski definition) is 5. The third-order valence-corrected chi connectivity index (χ3v) is 5.05. The van der Waals surface area contributed by atoms with Crippen LogP contribution in [0.3, 0.4) is 0 Å². The molecule has 0 saturated carbocycles. The molecule has 0 bridgehead atoms. The molecule has 0 aliphatic heterocycles. The largest absolute Gasteiger partial charge is 0.497 e. The lowest BCUT2D eigenvalue weighted by Crippen LogP contribution is -2.06. The Morgan fingerprint density at radius 1 is 1.12 bits per heavy atom. The summed E-state index contributed by atoms with van der Waals surface area (Å²) in [6, 6.07) is 15.4. The second kappa shape index (κ2) is 6.18. The van der Waals surface area contributed by atoms with Gasteiger partial charge in [-0.2, -0.15) is 0 Å². The quantitative estimate of drug-likeness (QED) is 0.494. The SMILES string of the molecule is COc1ccc2c(C)c(-c3csc(-c4ccccc4)n3)c(=O)oc2c1. The summed E-state index contributed by atoms with van der Waals surface area (Å²) in [6.07, 6.45) is 0. The van der Waals surface area contributed by atoms with E-state index in [0.29, 0.717) is 22.6 Å². The van der Waals surface area contributed by atoms with Gasteiger partial charge >= 0.3 is 5.63 Å². The molecule has 0 radical (unpaired) electrons. The predicted molar refractivity (Wildman–Crippen MR) is 100 cm³/mol. The molecular weight excluding hydrogens is 334 g/mol. The predicted octanol–water partition coefficient (Wildman–Crippen LogP) is 4.90. The molecule has 2 aromatic carbocycles. The highest BCUT2D eigenvalue weighted by atomic mass is 32.1. The Kier molecular flexibility index (Phi) is 3.86. The Balaban J connectivity index is 1.87. The number of methoxy groups -OCH3 is 1. The van der Waals surface area contributed by atoms with Crippen LogP contribution in [0.5, 0.6) is 5.75 Å². The number of ether oxygens (including phenoxy) is 1. The summed E-state index contributed by atoms with van der Waals surface area (Å²) in [6.45, 7) is 1.92. The molecule has 0 unspecified atom stereocenters. The van der Waals surface area contributed by atoms with Gasteiger partial charge in [0, 0.05) is 22.4 Å². The Labute approximate surface area is 148 Å². The summed E-state index contributed by atoms with van der Waals surface area (Å²) in [5, 5.41) is 3.66. The highest BCUT2D eigenvalue weighted by molar-refractivity contribution is 7.13. The molecule has 0 aliphatic rings. The van der Waals surface area contributed by atoms with Crippen LogP contribution in [-0.2, 0) is 0 Å². The molecule has 0 atom stereocenters. The van der Waals surface area contributed by atoms with Crippen molar-refractivity contribution >= 4 is 22.3 Å². The van der Waals surface area contributed by atoms with E-state index in [1.807, 2.05) is 54.8 Å². The van der Waals surface area contributed by atoms with Crippen LogP contribution in [-0.4, -0.2) is 12.1 Å². The van der Waals surface area contributed by atoms with Crippen molar-refractivity contribution in [3.8, 4) is 27.6 Å². The van der Waals surface area contributed by atoms with Crippen molar-refractivity contribution in [3.63, 3.8) is 0 Å². The summed E-state index contributed by atoms with van der Waals surface area (Å²) in [5.74, 6) is 0.655. The molecule has 5 heteroatoms. The minimum atomic E-state index is -0.386. The first-order valence-electron chi connectivity index (χ1n) is 7.80. The Morgan fingerprint density at radius 2 is 1.92 bits per heavy atom. The van der Waals surface area contributed by atoms with Crippen LogP contribution in [0.1, 0.15) is 5.56 Å². The highest BCUT2D eigenvalue weighted by Gasteiger charge is 2.17. The standard InChI is InChI=1S/C20H15NO3S/c1-12-15-9-8-14(23-2)10-17(15)24-20(22)18(12)16-11-25-19(21-16)13-6-4-3-5-7-13/h3-11H,1-2H3. The average molecular weight is 349 g/mol. The number of rotatable bonds is 3. The van der Waals surface area contributed by atoms with Crippen LogP contribution >= 0.6 is 11.3 Å². The summed E-state index contributed by atoms with van der Waals surface area (Å²) >= 11 is 1.51. The summed E-state index contributed by atoms with van der Waals surface area (Å²) < 4.78 is 10.7. The van der Waals surface area contributed by atoms with Crippen molar-refractivity contribution in [3.05, 3.63) is 69.9 Å². The minimum absolute atomic E-state index is 0.386. The average Bonchev–Trinajstić information content (AvgIpc) is 3.11. The van der Waals surface area contributed by atoms with E-state index in [0.717, 1.165) is 21.5 Å². The van der Waals surface area contributed by atoms with Gasteiger partial charge in [-0.3, -0.25) is 0 Å². The lowest BCUT2D eigenvalue weighted by molar-refractivity contribution is 0.414. The summed E-state index contributed by atoms with van der Waals surface area (Å²) in [4.78, 5) is 17.2. The molecule has 0 N–H and O–H groups in total. The number of nitrogens with zero attached hydrogens (tertiary/aromatic N) is 1. The number of aryl methyl sites for hydroxylation is 1. The van der Waals surface area contributed by atoms with Crippen molar-refractivity contribution in [2.45, 2.75) is 6.92 Å². The van der Waals surface area contributed by atoms with Crippen molar-refractivity contribution in [2.24, 2.45) is 0 Å². The third-order valence-electron chi connectivity index (χ3n) is 4.16. The van der Waals surface area contributed by atoms with Gasteiger partial charge in [0.2, 0.25) is 0 Å². The van der Waals surface area contributed by atoms with E-state index in [9.17, 15) is 4.79 Å². The van der Waals surface area contributed by atoms with Gasteiger partial charge in [0.25, 0.3) is 0 Å². The Bertz CT molecular complexity index is 1110. The van der Waals surface area contributed by atoms with Crippen LogP contribution < -0.4 is 10.4 Å². The van der Waals surface area contributed by atoms with Gasteiger partial charge in [0.1, 0.15) is 16.3 Å². The van der Waals surface area contributed by atoms with Crippen LogP contribution in [0.25, 0.3) is 32.8 Å². The van der Waals surface area contributed by atoms with Gasteiger partial charge in [0.15, 0.2) is 0 Å². The van der Waals surface area contributed by atoms with Crippen molar-refractivity contribution in [2.75, 3.05) is 7.11 Å². The summed E-state index contributed by atoms with van der Waals surface area (Å²) in [7, 11) is 1.58. The Hall–Kier alpha value is -2.92. The molecule has 0 spiro atoms. The lowest BCUT2D eigenvalue weighted by Gasteiger charge is -2.07. The molecule has 0 saturated heterocycles. The van der Waals surface area contributed by atoms with Crippen molar-refractivity contribution in [1.82, 2.24) is 4.98 Å². The van der Waals surface area contributed by atoms with Gasteiger partial charge in [-0.1, -0.05) is 30.3 Å². The maximum Gasteiger partial charge on any atom is 0.346 e. The minimum Gasteiger partial charge on any atom is -0.497 e. The van der Waals surface area contributed by atoms with Crippen LogP contribution in [0, 0.1) is 6.92 Å². The first-order chi connectivity index (χ1) is 12.2. The fourth-order valence-electron chi connectivity index (χ4n) is 2.86. The van der Waals surface area contributed by atoms with Crippen molar-refractivity contribution < 1.29 is 9.15 Å². The van der Waals surface area contributed by atoms with E-state index in [1.54, 1.807) is 13.2 Å². The zero-order chi connectivity index (χ0) is 17.4. The first-order valence-corrected chi connectivity index (χ1v) is 8.68. The second-order valence-electron chi connectivity index (χ2n) is 5.66. The first kappa shape index (κ1) is 15.6. The lowest BCUT2D eigenvalue weighted by atomic mass is 10.0. The molecule has 2 aromatic heterocycles. The number of hydrogen-bond donors (Lipinski definition) is 0. The zero-order valence-corrected chi connectivity index (χ0v) is 14.6. The molecule has 2 heterocycles. The van der Waals surface area contributed by atoms with Gasteiger partial charge < -0.3 is 9.15 Å². The second-order valence-corrected chi connectivity index (χ2v) is 6.51. The van der Waals surface area contributed by atoms with E-state index in [1.165, 1.54) is 11.3 Å². The number of benzene rings is 2. The monoisotopic (exact) mass is 349 g/mol. The fraction of sp³-hybridized carbons (Fsp3) is 0.100. The van der Waals surface area contributed by atoms with Gasteiger partial charge in [0.05, 0.1) is 18.4 Å². The molecule has 0 fully saturated rings. The van der Waals surface area contributed by atoms with Crippen molar-refractivity contribution in [1.29, 1.82) is 0 Å². The van der Waals surface area contributed by atoms with Gasteiger partial charge in [-0.25, -0.2) is 9.78 Å². The molecule has 124 valence electrons. The fourth-order valence-corrected chi connectivity index (χ4v) is 3.68. The van der Waals surface area contributed by atoms with Crippen LogP contribution in [0.15, 0.2) is 63.1 Å². The molecule has 4 nitrogen and oxygen atoms in total. The molecule has 25 heavy (non-hydrogen) atoms. The molecule has 4 aromatic rings. The van der Waals surface area contributed by atoms with E-state index in [-0.39, 0.29) is 5.63 Å². The normalized spacial score (nSPS) is 11.0. The number of aromatic nitrogens is 1. The maximum absolute atomic E-state index is 12.6. The number of thiazole rings is 1. The topological polar surface area (TPSA) is 52.3 Å². The molecule has 0 aliphatic carbocycles. The van der Waals surface area contributed by atoms with E-state index < -0.39 is 0 Å². The van der Waals surface area contributed by atoms with Gasteiger partial charge in [-0.15, -0.1) is 11.3 Å². The van der Waals surface area contributed by atoms with Gasteiger partial charge in [-0.05, 0) is 24.6 Å².